The van der Waals surface area contributed by atoms with Gasteiger partial charge >= 0.3 is 0 Å². The van der Waals surface area contributed by atoms with Crippen molar-refractivity contribution in [3.63, 3.8) is 0 Å². The Labute approximate surface area is 56.7 Å². The van der Waals surface area contributed by atoms with Gasteiger partial charge in [-0.05, 0) is 26.2 Å². The second-order valence-electron chi connectivity index (χ2n) is 1.48. The van der Waals surface area contributed by atoms with Gasteiger partial charge in [-0.2, -0.15) is 12.6 Å². The smallest absolute Gasteiger partial charge is 0.00272 e. The van der Waals surface area contributed by atoms with Gasteiger partial charge in [0.1, 0.15) is 0 Å². The summed E-state index contributed by atoms with van der Waals surface area (Å²) in [6, 6.07) is 0. The fraction of sp³-hybridized carbons (Fsp3) is 0.500. The van der Waals surface area contributed by atoms with Crippen molar-refractivity contribution in [2.24, 2.45) is 0 Å². The summed E-state index contributed by atoms with van der Waals surface area (Å²) in [4.78, 5) is 0. The summed E-state index contributed by atoms with van der Waals surface area (Å²) in [5, 5.41) is 8.19. The molecule has 0 saturated carbocycles. The van der Waals surface area contributed by atoms with Crippen LogP contribution in [0.15, 0.2) is 11.5 Å². The summed E-state index contributed by atoms with van der Waals surface area (Å²) >= 11 is 3.74. The Balaban J connectivity index is 0. The van der Waals surface area contributed by atoms with Gasteiger partial charge in [-0.3, -0.25) is 0 Å². The molecule has 48 valence electrons. The van der Waals surface area contributed by atoms with Gasteiger partial charge in [0.15, 0.2) is 0 Å². The van der Waals surface area contributed by atoms with Crippen LogP contribution in [0.1, 0.15) is 20.8 Å². The van der Waals surface area contributed by atoms with Crippen molar-refractivity contribution in [1.82, 2.24) is 0 Å². The molecule has 1 nitrogen and oxygen atoms in total. The zero-order valence-corrected chi connectivity index (χ0v) is 6.50. The van der Waals surface area contributed by atoms with E-state index >= 15 is 0 Å². The summed E-state index contributed by atoms with van der Waals surface area (Å²) in [5.41, 5.74) is 0.667. The van der Waals surface area contributed by atoms with E-state index in [4.69, 9.17) is 5.41 Å². The third-order valence-electron chi connectivity index (χ3n) is 0.149. The Morgan fingerprint density at radius 3 is 1.62 bits per heavy atom. The van der Waals surface area contributed by atoms with Gasteiger partial charge < -0.3 is 5.41 Å². The van der Waals surface area contributed by atoms with Crippen molar-refractivity contribution in [2.45, 2.75) is 20.8 Å². The molecule has 0 spiro atoms. The molecular weight excluding hydrogens is 118 g/mol. The quantitative estimate of drug-likeness (QED) is 0.373. The molecule has 0 bridgehead atoms. The Bertz CT molecular complexity index is 68.6. The average molecular weight is 131 g/mol. The molecule has 0 rings (SSSR count). The van der Waals surface area contributed by atoms with Crippen molar-refractivity contribution in [1.29, 1.82) is 5.41 Å². The lowest BCUT2D eigenvalue weighted by molar-refractivity contribution is 1.45. The highest BCUT2D eigenvalue weighted by atomic mass is 32.1. The fourth-order valence-corrected chi connectivity index (χ4v) is 0. The third-order valence-corrected chi connectivity index (χ3v) is 0.447. The van der Waals surface area contributed by atoms with Gasteiger partial charge in [-0.25, -0.2) is 0 Å². The minimum Gasteiger partial charge on any atom is -0.310 e. The van der Waals surface area contributed by atoms with Crippen LogP contribution in [-0.2, 0) is 0 Å². The first-order valence-electron chi connectivity index (χ1n) is 2.42. The predicted octanol–water partition coefficient (Wildman–Crippen LogP) is 2.50. The van der Waals surface area contributed by atoms with Crippen LogP contribution < -0.4 is 0 Å². The van der Waals surface area contributed by atoms with Gasteiger partial charge in [-0.15, -0.1) is 0 Å². The van der Waals surface area contributed by atoms with Crippen molar-refractivity contribution in [3.05, 3.63) is 11.5 Å². The number of rotatable bonds is 0. The third kappa shape index (κ3) is 226. The van der Waals surface area contributed by atoms with Gasteiger partial charge in [-0.1, -0.05) is 6.08 Å². The van der Waals surface area contributed by atoms with Crippen LogP contribution >= 0.6 is 12.6 Å². The lowest BCUT2D eigenvalue weighted by atomic mass is 10.5. The van der Waals surface area contributed by atoms with Crippen LogP contribution in [0.2, 0.25) is 0 Å². The van der Waals surface area contributed by atoms with Crippen LogP contribution in [0.3, 0.4) is 0 Å². The van der Waals surface area contributed by atoms with E-state index in [1.54, 1.807) is 19.3 Å². The number of hydrogen-bond donors (Lipinski definition) is 2. The molecule has 0 saturated heterocycles. The zero-order valence-electron chi connectivity index (χ0n) is 5.60. The first-order valence-corrected chi connectivity index (χ1v) is 2.94. The minimum absolute atomic E-state index is 0.667. The summed E-state index contributed by atoms with van der Waals surface area (Å²) in [6.07, 6.45) is 1.86. The van der Waals surface area contributed by atoms with E-state index in [1.165, 1.54) is 0 Å². The molecule has 0 aromatic carbocycles. The summed E-state index contributed by atoms with van der Waals surface area (Å²) in [7, 11) is 0. The maximum absolute atomic E-state index is 6.50. The molecule has 0 aromatic rings. The summed E-state index contributed by atoms with van der Waals surface area (Å²) < 4.78 is 0. The molecule has 1 N–H and O–H groups in total. The van der Waals surface area contributed by atoms with Crippen molar-refractivity contribution in [2.75, 3.05) is 0 Å². The molecule has 0 unspecified atom stereocenters. The molecule has 0 fully saturated rings. The first kappa shape index (κ1) is 10.7. The maximum atomic E-state index is 6.50. The number of hydrogen-bond acceptors (Lipinski definition) is 2. The molecule has 8 heavy (non-hydrogen) atoms. The summed E-state index contributed by atoms with van der Waals surface area (Å²) in [5.74, 6) is 0. The topological polar surface area (TPSA) is 23.9 Å². The largest absolute Gasteiger partial charge is 0.310 e. The van der Waals surface area contributed by atoms with E-state index in [9.17, 15) is 0 Å². The lowest BCUT2D eigenvalue weighted by Crippen LogP contribution is -1.67. The van der Waals surface area contributed by atoms with E-state index in [1.807, 2.05) is 13.0 Å². The molecule has 0 aromatic heterocycles. The molecular formula is C6H13NS. The van der Waals surface area contributed by atoms with Gasteiger partial charge in [0.05, 0.1) is 0 Å². The molecule has 0 aliphatic rings. The molecule has 0 radical (unpaired) electrons. The number of thiol groups is 1. The standard InChI is InChI=1S/C3H7N.C3H6S/c1-3(2)4;1-2-3-4/h4H,1-2H3;2-4H,1H3/b;3-2-. The molecule has 0 aliphatic carbocycles. The SMILES string of the molecule is C/C=C\S.CC(C)=N. The number of nitrogens with one attached hydrogen (secondary N) is 1. The Morgan fingerprint density at radius 2 is 1.62 bits per heavy atom. The molecule has 0 heterocycles. The van der Waals surface area contributed by atoms with E-state index in [0.29, 0.717) is 5.71 Å². The monoisotopic (exact) mass is 131 g/mol. The van der Waals surface area contributed by atoms with Crippen LogP contribution in [0, 0.1) is 5.41 Å². The predicted molar refractivity (Wildman–Crippen MR) is 42.9 cm³/mol. The zero-order chi connectivity index (χ0) is 6.99. The van der Waals surface area contributed by atoms with Crippen molar-refractivity contribution < 1.29 is 0 Å². The van der Waals surface area contributed by atoms with Crippen molar-refractivity contribution >= 4 is 18.3 Å². The van der Waals surface area contributed by atoms with Gasteiger partial charge in [0, 0.05) is 5.71 Å². The Hall–Kier alpha value is -0.240. The number of allylic oxidation sites excluding steroid dienone is 1. The second kappa shape index (κ2) is 9.90. The van der Waals surface area contributed by atoms with E-state index in [2.05, 4.69) is 12.6 Å². The normalized spacial score (nSPS) is 8.00. The van der Waals surface area contributed by atoms with Crippen LogP contribution in [-0.4, -0.2) is 5.71 Å². The van der Waals surface area contributed by atoms with E-state index < -0.39 is 0 Å². The lowest BCUT2D eigenvalue weighted by Gasteiger charge is -1.63. The highest BCUT2D eigenvalue weighted by Gasteiger charge is 1.55. The van der Waals surface area contributed by atoms with Gasteiger partial charge in [0.25, 0.3) is 0 Å². The first-order chi connectivity index (χ1) is 3.65. The highest BCUT2D eigenvalue weighted by Crippen LogP contribution is 1.69. The Morgan fingerprint density at radius 1 is 1.50 bits per heavy atom. The highest BCUT2D eigenvalue weighted by molar-refractivity contribution is 7.83. The molecule has 0 atom stereocenters. The van der Waals surface area contributed by atoms with Crippen molar-refractivity contribution in [3.8, 4) is 0 Å². The van der Waals surface area contributed by atoms with Crippen LogP contribution in [0.4, 0.5) is 0 Å². The van der Waals surface area contributed by atoms with E-state index in [-0.39, 0.29) is 0 Å². The fourth-order valence-electron chi connectivity index (χ4n) is 0. The molecule has 0 aliphatic heterocycles. The van der Waals surface area contributed by atoms with E-state index in [0.717, 1.165) is 0 Å². The second-order valence-corrected chi connectivity index (χ2v) is 1.78. The van der Waals surface area contributed by atoms with Crippen LogP contribution in [0.25, 0.3) is 0 Å². The Kier molecular flexibility index (Phi) is 13.2. The molecule has 0 amide bonds. The molecule has 2 heteroatoms. The average Bonchev–Trinajstić information content (AvgIpc) is 1.65. The van der Waals surface area contributed by atoms with Gasteiger partial charge in [0.2, 0.25) is 0 Å². The van der Waals surface area contributed by atoms with Crippen LogP contribution in [0.5, 0.6) is 0 Å². The minimum atomic E-state index is 0.667. The maximum Gasteiger partial charge on any atom is 0.00272 e. The summed E-state index contributed by atoms with van der Waals surface area (Å²) in [6.45, 7) is 5.42.